The van der Waals surface area contributed by atoms with Crippen LogP contribution in [0.4, 0.5) is 15.8 Å². The van der Waals surface area contributed by atoms with E-state index in [9.17, 15) is 14.0 Å². The van der Waals surface area contributed by atoms with Gasteiger partial charge in [-0.25, -0.2) is 4.39 Å². The summed E-state index contributed by atoms with van der Waals surface area (Å²) in [7, 11) is 0. The fourth-order valence-corrected chi connectivity index (χ4v) is 4.51. The molecule has 4 nitrogen and oxygen atoms in total. The Balaban J connectivity index is 1.99. The van der Waals surface area contributed by atoms with E-state index in [1.807, 2.05) is 24.3 Å². The van der Waals surface area contributed by atoms with Gasteiger partial charge < -0.3 is 4.90 Å². The fraction of sp³-hybridized carbons (Fsp3) is 0.348. The number of carbonyl (C=O) groups excluding carboxylic acids is 2. The van der Waals surface area contributed by atoms with Crippen LogP contribution in [0.15, 0.2) is 53.5 Å². The van der Waals surface area contributed by atoms with Crippen LogP contribution in [-0.2, 0) is 9.59 Å². The first-order chi connectivity index (χ1) is 13.3. The highest BCUT2D eigenvalue weighted by molar-refractivity contribution is 6.12. The Morgan fingerprint density at radius 2 is 1.89 bits per heavy atom. The summed E-state index contributed by atoms with van der Waals surface area (Å²) in [6.45, 7) is 5.59. The van der Waals surface area contributed by atoms with Crippen LogP contribution in [0, 0.1) is 17.2 Å². The summed E-state index contributed by atoms with van der Waals surface area (Å²) in [6, 6.07) is 13.0. The number of Topliss-reactive ketones (excluding diaryl/α,β-unsaturated/α-hetero) is 1. The Bertz CT molecular complexity index is 996. The van der Waals surface area contributed by atoms with E-state index in [-0.39, 0.29) is 22.9 Å². The van der Waals surface area contributed by atoms with Crippen LogP contribution in [-0.4, -0.2) is 17.4 Å². The van der Waals surface area contributed by atoms with Crippen molar-refractivity contribution >= 4 is 28.8 Å². The normalized spacial score (nSPS) is 23.4. The van der Waals surface area contributed by atoms with E-state index in [4.69, 9.17) is 4.99 Å². The predicted octanol–water partition coefficient (Wildman–Crippen LogP) is 5.01. The molecule has 0 spiro atoms. The van der Waals surface area contributed by atoms with Crippen LogP contribution >= 0.6 is 0 Å². The molecule has 2 unspecified atom stereocenters. The number of hydrogen-bond acceptors (Lipinski definition) is 3. The highest BCUT2D eigenvalue weighted by Crippen LogP contribution is 2.48. The number of aliphatic imine (C=N–C) groups is 1. The van der Waals surface area contributed by atoms with Gasteiger partial charge in [-0.05, 0) is 41.7 Å². The van der Waals surface area contributed by atoms with E-state index < -0.39 is 12.0 Å². The van der Waals surface area contributed by atoms with Crippen molar-refractivity contribution in [3.63, 3.8) is 0 Å². The second-order valence-electron chi connectivity index (χ2n) is 8.44. The summed E-state index contributed by atoms with van der Waals surface area (Å²) < 4.78 is 14.1. The van der Waals surface area contributed by atoms with Crippen LogP contribution in [0.2, 0.25) is 0 Å². The van der Waals surface area contributed by atoms with E-state index in [1.165, 1.54) is 19.1 Å². The van der Waals surface area contributed by atoms with Crippen molar-refractivity contribution in [2.45, 2.75) is 39.7 Å². The highest BCUT2D eigenvalue weighted by Gasteiger charge is 2.47. The van der Waals surface area contributed by atoms with Crippen molar-refractivity contribution < 1.29 is 14.0 Å². The van der Waals surface area contributed by atoms with E-state index in [0.717, 1.165) is 5.71 Å². The van der Waals surface area contributed by atoms with Crippen LogP contribution in [0.3, 0.4) is 0 Å². The van der Waals surface area contributed by atoms with E-state index in [2.05, 4.69) is 13.8 Å². The number of halogens is 1. The fourth-order valence-electron chi connectivity index (χ4n) is 4.51. The molecule has 2 aromatic rings. The van der Waals surface area contributed by atoms with Gasteiger partial charge in [-0.2, -0.15) is 0 Å². The average Bonchev–Trinajstić information content (AvgIpc) is 2.74. The molecule has 5 heteroatoms. The molecule has 2 atom stereocenters. The number of anilines is 1. The zero-order chi connectivity index (χ0) is 20.1. The molecule has 0 N–H and O–H groups in total. The molecule has 2 aromatic carbocycles. The standard InChI is InChI=1S/C23H23FN2O2/c1-14(27)26-19-10-5-4-9-17(19)25-18-12-23(2,3)13-20(28)21(18)22(26)15-7-6-8-16(24)11-15/h4-11,21-22H,12-13H2,1-3H3. The third-order valence-corrected chi connectivity index (χ3v) is 5.55. The number of nitrogens with zero attached hydrogens (tertiary/aromatic N) is 2. The number of para-hydroxylation sites is 2. The van der Waals surface area contributed by atoms with Gasteiger partial charge in [0.2, 0.25) is 5.91 Å². The summed E-state index contributed by atoms with van der Waals surface area (Å²) in [5.74, 6) is -1.12. The molecule has 144 valence electrons. The molecule has 2 aliphatic rings. The molecule has 0 saturated heterocycles. The van der Waals surface area contributed by atoms with Crippen molar-refractivity contribution in [3.05, 3.63) is 59.9 Å². The van der Waals surface area contributed by atoms with Crippen molar-refractivity contribution in [1.29, 1.82) is 0 Å². The molecule has 4 rings (SSSR count). The Hall–Kier alpha value is -2.82. The van der Waals surface area contributed by atoms with Crippen molar-refractivity contribution in [3.8, 4) is 0 Å². The Morgan fingerprint density at radius 3 is 2.61 bits per heavy atom. The second kappa shape index (κ2) is 6.66. The summed E-state index contributed by atoms with van der Waals surface area (Å²) >= 11 is 0. The van der Waals surface area contributed by atoms with Gasteiger partial charge in [-0.15, -0.1) is 0 Å². The second-order valence-corrected chi connectivity index (χ2v) is 8.44. The van der Waals surface area contributed by atoms with Gasteiger partial charge in [-0.1, -0.05) is 38.1 Å². The molecule has 1 amide bonds. The summed E-state index contributed by atoms with van der Waals surface area (Å²) in [5, 5.41) is 0. The number of hydrogen-bond donors (Lipinski definition) is 0. The number of fused-ring (bicyclic) bond motifs is 2. The third-order valence-electron chi connectivity index (χ3n) is 5.55. The molecule has 0 radical (unpaired) electrons. The maximum atomic E-state index is 14.1. The minimum absolute atomic E-state index is 0.0447. The van der Waals surface area contributed by atoms with Gasteiger partial charge in [0.15, 0.2) is 0 Å². The van der Waals surface area contributed by atoms with Gasteiger partial charge in [0.05, 0.1) is 23.3 Å². The van der Waals surface area contributed by atoms with Crippen LogP contribution in [0.1, 0.15) is 45.2 Å². The summed E-state index contributed by atoms with van der Waals surface area (Å²) in [6.07, 6.45) is 1.07. The Labute approximate surface area is 164 Å². The number of rotatable bonds is 1. The molecule has 1 aliphatic carbocycles. The van der Waals surface area contributed by atoms with Gasteiger partial charge in [0.25, 0.3) is 0 Å². The molecular weight excluding hydrogens is 355 g/mol. The molecule has 1 saturated carbocycles. The number of benzene rings is 2. The molecule has 0 aromatic heterocycles. The zero-order valence-corrected chi connectivity index (χ0v) is 16.3. The van der Waals surface area contributed by atoms with Crippen molar-refractivity contribution in [1.82, 2.24) is 0 Å². The van der Waals surface area contributed by atoms with Crippen LogP contribution in [0.25, 0.3) is 0 Å². The SMILES string of the molecule is CC(=O)N1c2ccccc2N=C2CC(C)(C)CC(=O)C2C1c1cccc(F)c1. The number of carbonyl (C=O) groups is 2. The van der Waals surface area contributed by atoms with E-state index in [1.54, 1.807) is 17.0 Å². The number of amides is 1. The zero-order valence-electron chi connectivity index (χ0n) is 16.3. The van der Waals surface area contributed by atoms with Crippen molar-refractivity contribution in [2.24, 2.45) is 16.3 Å². The lowest BCUT2D eigenvalue weighted by atomic mass is 9.68. The lowest BCUT2D eigenvalue weighted by molar-refractivity contribution is -0.124. The Kier molecular flexibility index (Phi) is 4.41. The van der Waals surface area contributed by atoms with Crippen LogP contribution < -0.4 is 4.90 Å². The van der Waals surface area contributed by atoms with Crippen molar-refractivity contribution in [2.75, 3.05) is 4.90 Å². The average molecular weight is 378 g/mol. The minimum Gasteiger partial charge on any atom is -0.302 e. The smallest absolute Gasteiger partial charge is 0.224 e. The monoisotopic (exact) mass is 378 g/mol. The largest absolute Gasteiger partial charge is 0.302 e. The van der Waals surface area contributed by atoms with E-state index >= 15 is 0 Å². The lowest BCUT2D eigenvalue weighted by Crippen LogP contribution is -2.46. The van der Waals surface area contributed by atoms with Gasteiger partial charge >= 0.3 is 0 Å². The third kappa shape index (κ3) is 3.15. The molecule has 28 heavy (non-hydrogen) atoms. The molecular formula is C23H23FN2O2. The summed E-state index contributed by atoms with van der Waals surface area (Å²) in [4.78, 5) is 32.5. The van der Waals surface area contributed by atoms with Gasteiger partial charge in [-0.3, -0.25) is 14.6 Å². The molecule has 1 aliphatic heterocycles. The Morgan fingerprint density at radius 1 is 1.14 bits per heavy atom. The first-order valence-electron chi connectivity index (χ1n) is 9.51. The first kappa shape index (κ1) is 18.5. The van der Waals surface area contributed by atoms with Gasteiger partial charge in [0, 0.05) is 19.1 Å². The molecule has 0 bridgehead atoms. The molecule has 1 heterocycles. The molecule has 1 fully saturated rings. The van der Waals surface area contributed by atoms with E-state index in [0.29, 0.717) is 29.8 Å². The number of ketones is 1. The predicted molar refractivity (Wildman–Crippen MR) is 107 cm³/mol. The topological polar surface area (TPSA) is 49.7 Å². The minimum atomic E-state index is -0.612. The maximum absolute atomic E-state index is 14.1. The maximum Gasteiger partial charge on any atom is 0.224 e. The highest BCUT2D eigenvalue weighted by atomic mass is 19.1. The first-order valence-corrected chi connectivity index (χ1v) is 9.51. The van der Waals surface area contributed by atoms with Crippen LogP contribution in [0.5, 0.6) is 0 Å². The lowest BCUT2D eigenvalue weighted by Gasteiger charge is -2.40. The van der Waals surface area contributed by atoms with Gasteiger partial charge in [0.1, 0.15) is 11.6 Å². The summed E-state index contributed by atoms with van der Waals surface area (Å²) in [5.41, 5.74) is 2.50. The quantitative estimate of drug-likeness (QED) is 0.700.